The molecule has 2 heterocycles. The third kappa shape index (κ3) is 2.58. The molecule has 0 radical (unpaired) electrons. The number of carbonyl (C=O) groups is 1. The predicted molar refractivity (Wildman–Crippen MR) is 76.6 cm³/mol. The zero-order valence-corrected chi connectivity index (χ0v) is 12.3. The van der Waals surface area contributed by atoms with Crippen molar-refractivity contribution < 1.29 is 23.6 Å². The Bertz CT molecular complexity index is 589. The summed E-state index contributed by atoms with van der Waals surface area (Å²) in [5.41, 5.74) is 7.45. The molecule has 6 nitrogen and oxygen atoms in total. The number of nitrogens with two attached hydrogens (primary N) is 1. The van der Waals surface area contributed by atoms with E-state index in [9.17, 15) is 4.79 Å². The van der Waals surface area contributed by atoms with Crippen molar-refractivity contribution in [2.75, 3.05) is 13.2 Å². The van der Waals surface area contributed by atoms with E-state index >= 15 is 0 Å². The summed E-state index contributed by atoms with van der Waals surface area (Å²) in [6.07, 6.45) is -1.21. The molecular weight excluding hydrogens is 273 g/mol. The van der Waals surface area contributed by atoms with Gasteiger partial charge in [-0.15, -0.1) is 0 Å². The highest BCUT2D eigenvalue weighted by atomic mass is 16.6. The summed E-state index contributed by atoms with van der Waals surface area (Å²) in [5.74, 6) is 0.757. The predicted octanol–water partition coefficient (Wildman–Crippen LogP) is 1.04. The maximum Gasteiger partial charge on any atom is 0.499 e. The molecule has 3 rings (SSSR count). The van der Waals surface area contributed by atoms with Gasteiger partial charge in [0.2, 0.25) is 0 Å². The number of benzene rings is 1. The van der Waals surface area contributed by atoms with Crippen molar-refractivity contribution in [2.24, 2.45) is 5.73 Å². The average Bonchev–Trinajstić information content (AvgIpc) is 2.68. The summed E-state index contributed by atoms with van der Waals surface area (Å²) in [4.78, 5) is 10.8. The van der Waals surface area contributed by atoms with Crippen molar-refractivity contribution in [1.29, 1.82) is 0 Å². The summed E-state index contributed by atoms with van der Waals surface area (Å²) in [7, 11) is -0.520. The van der Waals surface area contributed by atoms with Crippen LogP contribution in [0.4, 0.5) is 4.79 Å². The number of primary amides is 1. The SMILES string of the molecule is Cc1ccc2c3c1C(COC(N)=O)OB3OC(C)(C)CO2. The molecule has 0 fully saturated rings. The second kappa shape index (κ2) is 4.93. The van der Waals surface area contributed by atoms with Gasteiger partial charge in [0.05, 0.1) is 5.60 Å². The summed E-state index contributed by atoms with van der Waals surface area (Å²) >= 11 is 0. The molecule has 112 valence electrons. The molecule has 2 aliphatic heterocycles. The lowest BCUT2D eigenvalue weighted by molar-refractivity contribution is 0.0162. The van der Waals surface area contributed by atoms with Crippen molar-refractivity contribution in [1.82, 2.24) is 0 Å². The first-order chi connectivity index (χ1) is 9.87. The van der Waals surface area contributed by atoms with Crippen molar-refractivity contribution in [3.8, 4) is 5.75 Å². The van der Waals surface area contributed by atoms with E-state index in [0.717, 1.165) is 22.3 Å². The smallest absolute Gasteiger partial charge is 0.491 e. The molecule has 0 aromatic heterocycles. The van der Waals surface area contributed by atoms with E-state index in [1.165, 1.54) is 0 Å². The van der Waals surface area contributed by atoms with Gasteiger partial charge in [0, 0.05) is 5.46 Å². The van der Waals surface area contributed by atoms with Crippen molar-refractivity contribution in [3.05, 3.63) is 23.3 Å². The van der Waals surface area contributed by atoms with Gasteiger partial charge >= 0.3 is 13.2 Å². The van der Waals surface area contributed by atoms with Gasteiger partial charge in [-0.25, -0.2) is 4.79 Å². The van der Waals surface area contributed by atoms with Crippen LogP contribution < -0.4 is 15.9 Å². The van der Waals surface area contributed by atoms with E-state index in [2.05, 4.69) is 0 Å². The first kappa shape index (κ1) is 14.2. The topological polar surface area (TPSA) is 80.0 Å². The molecule has 0 bridgehead atoms. The van der Waals surface area contributed by atoms with Crippen molar-refractivity contribution in [2.45, 2.75) is 32.5 Å². The summed E-state index contributed by atoms with van der Waals surface area (Å²) in [6.45, 7) is 6.39. The Hall–Kier alpha value is -1.73. The summed E-state index contributed by atoms with van der Waals surface area (Å²) in [5, 5.41) is 0. The first-order valence-corrected chi connectivity index (χ1v) is 6.89. The Labute approximate surface area is 123 Å². The zero-order valence-electron chi connectivity index (χ0n) is 12.3. The Balaban J connectivity index is 1.99. The van der Waals surface area contributed by atoms with Crippen LogP contribution in [0, 0.1) is 6.92 Å². The Morgan fingerprint density at radius 3 is 3.00 bits per heavy atom. The van der Waals surface area contributed by atoms with Crippen LogP contribution in [0.2, 0.25) is 0 Å². The summed E-state index contributed by atoms with van der Waals surface area (Å²) in [6, 6.07) is 3.89. The van der Waals surface area contributed by atoms with Crippen LogP contribution in [0.25, 0.3) is 0 Å². The number of aryl methyl sites for hydroxylation is 1. The number of hydrogen-bond acceptors (Lipinski definition) is 5. The van der Waals surface area contributed by atoms with Gasteiger partial charge < -0.3 is 24.5 Å². The van der Waals surface area contributed by atoms with E-state index in [1.54, 1.807) is 0 Å². The normalized spacial score (nSPS) is 22.2. The molecular formula is C14H18BNO5. The number of ether oxygens (including phenoxy) is 2. The highest BCUT2D eigenvalue weighted by Crippen LogP contribution is 2.35. The number of amides is 1. The molecule has 1 unspecified atom stereocenters. The standard InChI is InChI=1S/C14H18BNO5/c1-8-4-5-9-12-11(8)10(6-18-13(16)17)20-15(12)21-14(2,3)7-19-9/h4-5,10H,6-7H2,1-3H3,(H2,16,17). The molecule has 1 aromatic rings. The minimum atomic E-state index is -0.818. The van der Waals surface area contributed by atoms with E-state index in [-0.39, 0.29) is 6.61 Å². The Morgan fingerprint density at radius 1 is 1.52 bits per heavy atom. The third-order valence-electron chi connectivity index (χ3n) is 3.69. The molecule has 1 amide bonds. The van der Waals surface area contributed by atoms with Gasteiger partial charge in [0.25, 0.3) is 0 Å². The van der Waals surface area contributed by atoms with E-state index in [4.69, 9.17) is 24.5 Å². The zero-order chi connectivity index (χ0) is 15.2. The minimum Gasteiger partial charge on any atom is -0.491 e. The molecule has 7 heteroatoms. The second-order valence-corrected chi connectivity index (χ2v) is 5.96. The van der Waals surface area contributed by atoms with Gasteiger partial charge in [-0.2, -0.15) is 0 Å². The quantitative estimate of drug-likeness (QED) is 0.824. The molecule has 0 saturated carbocycles. The van der Waals surface area contributed by atoms with Crippen molar-refractivity contribution in [3.63, 3.8) is 0 Å². The maximum absolute atomic E-state index is 10.8. The van der Waals surface area contributed by atoms with E-state index in [1.807, 2.05) is 32.9 Å². The van der Waals surface area contributed by atoms with Crippen LogP contribution in [0.3, 0.4) is 0 Å². The lowest BCUT2D eigenvalue weighted by atomic mass is 9.76. The van der Waals surface area contributed by atoms with Crippen LogP contribution in [0.5, 0.6) is 5.75 Å². The summed E-state index contributed by atoms with van der Waals surface area (Å²) < 4.78 is 22.7. The Kier molecular flexibility index (Phi) is 3.34. The van der Waals surface area contributed by atoms with Gasteiger partial charge in [-0.05, 0) is 38.0 Å². The molecule has 2 N–H and O–H groups in total. The lowest BCUT2D eigenvalue weighted by Crippen LogP contribution is -2.40. The van der Waals surface area contributed by atoms with Gasteiger partial charge in [-0.3, -0.25) is 0 Å². The fourth-order valence-corrected chi connectivity index (χ4v) is 2.75. The number of rotatable bonds is 2. The fourth-order valence-electron chi connectivity index (χ4n) is 2.75. The molecule has 0 spiro atoms. The first-order valence-electron chi connectivity index (χ1n) is 6.89. The van der Waals surface area contributed by atoms with E-state index < -0.39 is 24.9 Å². The van der Waals surface area contributed by atoms with Gasteiger partial charge in [0.1, 0.15) is 25.1 Å². The molecule has 2 aliphatic rings. The van der Waals surface area contributed by atoms with Crippen LogP contribution in [0.1, 0.15) is 31.1 Å². The van der Waals surface area contributed by atoms with Gasteiger partial charge in [0.15, 0.2) is 0 Å². The number of hydrogen-bond donors (Lipinski definition) is 1. The average molecular weight is 291 g/mol. The molecule has 0 aliphatic carbocycles. The molecule has 0 saturated heterocycles. The third-order valence-corrected chi connectivity index (χ3v) is 3.69. The van der Waals surface area contributed by atoms with Gasteiger partial charge in [-0.1, -0.05) is 6.07 Å². The molecule has 1 aromatic carbocycles. The highest BCUT2D eigenvalue weighted by Gasteiger charge is 2.46. The Morgan fingerprint density at radius 2 is 2.29 bits per heavy atom. The van der Waals surface area contributed by atoms with E-state index in [0.29, 0.717) is 6.61 Å². The van der Waals surface area contributed by atoms with Crippen LogP contribution in [0.15, 0.2) is 12.1 Å². The van der Waals surface area contributed by atoms with Crippen LogP contribution >= 0.6 is 0 Å². The largest absolute Gasteiger partial charge is 0.499 e. The van der Waals surface area contributed by atoms with Crippen LogP contribution in [-0.2, 0) is 14.0 Å². The second-order valence-electron chi connectivity index (χ2n) is 5.96. The number of carbonyl (C=O) groups excluding carboxylic acids is 1. The molecule has 21 heavy (non-hydrogen) atoms. The fraction of sp³-hybridized carbons (Fsp3) is 0.500. The lowest BCUT2D eigenvalue weighted by Gasteiger charge is -2.25. The van der Waals surface area contributed by atoms with Crippen molar-refractivity contribution >= 4 is 18.7 Å². The molecule has 1 atom stereocenters. The maximum atomic E-state index is 10.8. The highest BCUT2D eigenvalue weighted by molar-refractivity contribution is 6.64. The monoisotopic (exact) mass is 291 g/mol. The minimum absolute atomic E-state index is 0.0624. The van der Waals surface area contributed by atoms with Crippen LogP contribution in [-0.4, -0.2) is 32.0 Å².